The third-order valence-electron chi connectivity index (χ3n) is 4.50. The molecule has 0 aliphatic carbocycles. The number of benzene rings is 2. The Morgan fingerprint density at radius 1 is 1.04 bits per heavy atom. The molecule has 144 valence electrons. The molecule has 0 atom stereocenters. The van der Waals surface area contributed by atoms with E-state index in [2.05, 4.69) is 4.72 Å². The van der Waals surface area contributed by atoms with Gasteiger partial charge in [0.15, 0.2) is 0 Å². The highest BCUT2D eigenvalue weighted by molar-refractivity contribution is 7.89. The van der Waals surface area contributed by atoms with E-state index in [1.807, 2.05) is 0 Å². The average molecular weight is 390 g/mol. The highest BCUT2D eigenvalue weighted by Gasteiger charge is 2.23. The fraction of sp³-hybridized carbons (Fsp3) is 0.316. The second-order valence-corrected chi connectivity index (χ2v) is 7.88. The number of sulfonamides is 1. The van der Waals surface area contributed by atoms with E-state index in [9.17, 15) is 13.2 Å². The van der Waals surface area contributed by atoms with Gasteiger partial charge in [0.05, 0.1) is 24.7 Å². The third kappa shape index (κ3) is 4.06. The van der Waals surface area contributed by atoms with E-state index in [4.69, 9.17) is 9.47 Å². The number of hydrogen-bond donors (Lipinski definition) is 1. The van der Waals surface area contributed by atoms with Gasteiger partial charge in [-0.1, -0.05) is 6.07 Å². The summed E-state index contributed by atoms with van der Waals surface area (Å²) >= 11 is 0. The predicted octanol–water partition coefficient (Wildman–Crippen LogP) is 2.31. The second kappa shape index (κ2) is 7.98. The summed E-state index contributed by atoms with van der Waals surface area (Å²) in [4.78, 5) is 13.6. The van der Waals surface area contributed by atoms with Gasteiger partial charge in [0.2, 0.25) is 15.9 Å². The molecule has 1 heterocycles. The van der Waals surface area contributed by atoms with Crippen LogP contribution in [0.4, 0.5) is 5.69 Å². The van der Waals surface area contributed by atoms with Gasteiger partial charge in [0.1, 0.15) is 11.5 Å². The molecule has 1 amide bonds. The minimum absolute atomic E-state index is 0.0296. The van der Waals surface area contributed by atoms with E-state index in [0.29, 0.717) is 35.7 Å². The van der Waals surface area contributed by atoms with Crippen molar-refractivity contribution in [1.82, 2.24) is 4.72 Å². The second-order valence-electron chi connectivity index (χ2n) is 6.11. The monoisotopic (exact) mass is 390 g/mol. The Balaban J connectivity index is 1.77. The quantitative estimate of drug-likeness (QED) is 0.784. The van der Waals surface area contributed by atoms with Gasteiger partial charge < -0.3 is 14.4 Å². The van der Waals surface area contributed by atoms with Crippen LogP contribution in [0.2, 0.25) is 0 Å². The van der Waals surface area contributed by atoms with Crippen LogP contribution in [0, 0.1) is 0 Å². The van der Waals surface area contributed by atoms with Gasteiger partial charge >= 0.3 is 0 Å². The molecule has 0 spiro atoms. The maximum absolute atomic E-state index is 12.6. The van der Waals surface area contributed by atoms with Crippen molar-refractivity contribution in [2.75, 3.05) is 25.7 Å². The van der Waals surface area contributed by atoms with Crippen LogP contribution >= 0.6 is 0 Å². The van der Waals surface area contributed by atoms with E-state index in [1.54, 1.807) is 35.2 Å². The Morgan fingerprint density at radius 2 is 1.67 bits per heavy atom. The summed E-state index contributed by atoms with van der Waals surface area (Å²) < 4.78 is 38.4. The van der Waals surface area contributed by atoms with Crippen LogP contribution in [-0.4, -0.2) is 35.1 Å². The van der Waals surface area contributed by atoms with E-state index in [0.717, 1.165) is 6.42 Å². The normalized spacial score (nSPS) is 14.4. The lowest BCUT2D eigenvalue weighted by molar-refractivity contribution is -0.117. The van der Waals surface area contributed by atoms with Gasteiger partial charge in [0.25, 0.3) is 0 Å². The largest absolute Gasteiger partial charge is 0.496 e. The highest BCUT2D eigenvalue weighted by atomic mass is 32.2. The molecular formula is C19H22N2O5S. The van der Waals surface area contributed by atoms with Gasteiger partial charge in [-0.25, -0.2) is 13.1 Å². The van der Waals surface area contributed by atoms with Crippen LogP contribution in [0.1, 0.15) is 18.4 Å². The predicted molar refractivity (Wildman–Crippen MR) is 102 cm³/mol. The fourth-order valence-corrected chi connectivity index (χ4v) is 4.07. The lowest BCUT2D eigenvalue weighted by atomic mass is 10.2. The molecule has 7 nitrogen and oxygen atoms in total. The zero-order valence-electron chi connectivity index (χ0n) is 15.3. The maximum Gasteiger partial charge on any atom is 0.240 e. The van der Waals surface area contributed by atoms with Gasteiger partial charge in [-0.05, 0) is 42.8 Å². The van der Waals surface area contributed by atoms with Crippen LogP contribution in [-0.2, 0) is 21.4 Å². The number of amides is 1. The summed E-state index contributed by atoms with van der Waals surface area (Å²) in [7, 11) is -0.689. The molecule has 27 heavy (non-hydrogen) atoms. The molecule has 1 aliphatic heterocycles. The molecule has 1 fully saturated rings. The molecule has 1 saturated heterocycles. The van der Waals surface area contributed by atoms with E-state index in [-0.39, 0.29) is 17.3 Å². The molecule has 0 aromatic heterocycles. The Kier molecular flexibility index (Phi) is 5.67. The fourth-order valence-electron chi connectivity index (χ4n) is 3.08. The SMILES string of the molecule is COc1cccc(OC)c1CNS(=O)(=O)c1ccc(N2CCCC2=O)cc1. The molecule has 0 bridgehead atoms. The smallest absolute Gasteiger partial charge is 0.240 e. The molecule has 1 N–H and O–H groups in total. The van der Waals surface area contributed by atoms with Gasteiger partial charge in [-0.3, -0.25) is 4.79 Å². The number of carbonyl (C=O) groups excluding carboxylic acids is 1. The lowest BCUT2D eigenvalue weighted by Gasteiger charge is -2.16. The topological polar surface area (TPSA) is 84.9 Å². The molecule has 3 rings (SSSR count). The van der Waals surface area contributed by atoms with Crippen molar-refractivity contribution in [2.45, 2.75) is 24.3 Å². The summed E-state index contributed by atoms with van der Waals surface area (Å²) in [6.07, 6.45) is 1.35. The van der Waals surface area contributed by atoms with Crippen LogP contribution in [0.3, 0.4) is 0 Å². The first-order valence-electron chi connectivity index (χ1n) is 8.56. The van der Waals surface area contributed by atoms with Crippen LogP contribution < -0.4 is 19.1 Å². The van der Waals surface area contributed by atoms with Crippen molar-refractivity contribution in [3.63, 3.8) is 0 Å². The molecular weight excluding hydrogens is 368 g/mol. The van der Waals surface area contributed by atoms with Gasteiger partial charge in [0, 0.05) is 25.2 Å². The molecule has 8 heteroatoms. The van der Waals surface area contributed by atoms with Crippen molar-refractivity contribution in [3.05, 3.63) is 48.0 Å². The Labute approximate surface area is 158 Å². The summed E-state index contributed by atoms with van der Waals surface area (Å²) in [6, 6.07) is 11.6. The molecule has 0 unspecified atom stereocenters. The number of rotatable bonds is 7. The maximum atomic E-state index is 12.6. The zero-order valence-corrected chi connectivity index (χ0v) is 16.1. The van der Waals surface area contributed by atoms with Crippen LogP contribution in [0.15, 0.2) is 47.4 Å². The van der Waals surface area contributed by atoms with Crippen LogP contribution in [0.5, 0.6) is 11.5 Å². The summed E-state index contributed by atoms with van der Waals surface area (Å²) in [5.74, 6) is 1.15. The van der Waals surface area contributed by atoms with Crippen molar-refractivity contribution >= 4 is 21.6 Å². The van der Waals surface area contributed by atoms with Crippen molar-refractivity contribution in [1.29, 1.82) is 0 Å². The minimum atomic E-state index is -3.73. The highest BCUT2D eigenvalue weighted by Crippen LogP contribution is 2.28. The average Bonchev–Trinajstić information content (AvgIpc) is 3.12. The van der Waals surface area contributed by atoms with Crippen LogP contribution in [0.25, 0.3) is 0 Å². The van der Waals surface area contributed by atoms with E-state index < -0.39 is 10.0 Å². The van der Waals surface area contributed by atoms with E-state index >= 15 is 0 Å². The number of nitrogens with zero attached hydrogens (tertiary/aromatic N) is 1. The number of hydrogen-bond acceptors (Lipinski definition) is 5. The third-order valence-corrected chi connectivity index (χ3v) is 5.92. The van der Waals surface area contributed by atoms with Gasteiger partial charge in [-0.2, -0.15) is 0 Å². The Bertz CT molecular complexity index is 903. The standard InChI is InChI=1S/C19H22N2O5S/c1-25-17-5-3-6-18(26-2)16(17)13-20-27(23,24)15-10-8-14(9-11-15)21-12-4-7-19(21)22/h3,5-6,8-11,20H,4,7,12-13H2,1-2H3. The molecule has 2 aromatic carbocycles. The summed E-state index contributed by atoms with van der Waals surface area (Å²) in [6.45, 7) is 0.693. The first-order chi connectivity index (χ1) is 13.0. The number of nitrogens with one attached hydrogen (secondary N) is 1. The number of anilines is 1. The summed E-state index contributed by atoms with van der Waals surface area (Å²) in [5, 5.41) is 0. The lowest BCUT2D eigenvalue weighted by Crippen LogP contribution is -2.25. The summed E-state index contributed by atoms with van der Waals surface area (Å²) in [5.41, 5.74) is 1.33. The molecule has 0 saturated carbocycles. The Morgan fingerprint density at radius 3 is 2.19 bits per heavy atom. The molecule has 0 radical (unpaired) electrons. The first-order valence-corrected chi connectivity index (χ1v) is 10.0. The van der Waals surface area contributed by atoms with Crippen molar-refractivity contribution in [2.24, 2.45) is 0 Å². The van der Waals surface area contributed by atoms with Crippen molar-refractivity contribution < 1.29 is 22.7 Å². The molecule has 1 aliphatic rings. The van der Waals surface area contributed by atoms with Gasteiger partial charge in [-0.15, -0.1) is 0 Å². The van der Waals surface area contributed by atoms with Crippen molar-refractivity contribution in [3.8, 4) is 11.5 Å². The molecule has 2 aromatic rings. The first kappa shape index (κ1) is 19.2. The zero-order chi connectivity index (χ0) is 19.4. The number of ether oxygens (including phenoxy) is 2. The minimum Gasteiger partial charge on any atom is -0.496 e. The number of carbonyl (C=O) groups is 1. The van der Waals surface area contributed by atoms with E-state index in [1.165, 1.54) is 26.4 Å². The number of methoxy groups -OCH3 is 2. The Hall–Kier alpha value is -2.58.